The summed E-state index contributed by atoms with van der Waals surface area (Å²) in [6.45, 7) is 8.19. The Labute approximate surface area is 208 Å². The van der Waals surface area contributed by atoms with Crippen LogP contribution < -0.4 is 10.9 Å². The lowest BCUT2D eigenvalue weighted by molar-refractivity contribution is -0.116. The second kappa shape index (κ2) is 9.00. The van der Waals surface area contributed by atoms with E-state index < -0.39 is 0 Å². The zero-order valence-electron chi connectivity index (χ0n) is 20.5. The number of nitrogens with one attached hydrogen (secondary N) is 1. The molecule has 2 aromatic heterocycles. The number of aryl methyl sites for hydroxylation is 1. The summed E-state index contributed by atoms with van der Waals surface area (Å²) in [6, 6.07) is 15.8. The van der Waals surface area contributed by atoms with Crippen LogP contribution in [0.3, 0.4) is 0 Å². The van der Waals surface area contributed by atoms with E-state index >= 15 is 0 Å². The second-order valence-electron chi connectivity index (χ2n) is 9.26. The van der Waals surface area contributed by atoms with Gasteiger partial charge >= 0.3 is 0 Å². The number of nitrogens with zero attached hydrogens (tertiary/aromatic N) is 4. The summed E-state index contributed by atoms with van der Waals surface area (Å²) in [7, 11) is 0. The number of rotatable bonds is 6. The van der Waals surface area contributed by atoms with Crippen molar-refractivity contribution in [2.24, 2.45) is 0 Å². The first kappa shape index (κ1) is 23.4. The van der Waals surface area contributed by atoms with Crippen molar-refractivity contribution < 1.29 is 4.79 Å². The lowest BCUT2D eigenvalue weighted by atomic mass is 9.69. The molecule has 1 amide bonds. The van der Waals surface area contributed by atoms with E-state index in [2.05, 4.69) is 30.3 Å². The molecular weight excluding hydrogens is 458 g/mol. The maximum Gasteiger partial charge on any atom is 0.265 e. The molecule has 1 aliphatic rings. The second-order valence-corrected chi connectivity index (χ2v) is 10.5. The van der Waals surface area contributed by atoms with Gasteiger partial charge in [-0.05, 0) is 42.7 Å². The first-order valence-corrected chi connectivity index (χ1v) is 13.0. The number of hydrogen-bond donors (Lipinski definition) is 1. The van der Waals surface area contributed by atoms with Crippen LogP contribution >= 0.6 is 11.8 Å². The van der Waals surface area contributed by atoms with Gasteiger partial charge in [0.05, 0.1) is 11.3 Å². The number of aromatic nitrogens is 4. The van der Waals surface area contributed by atoms with Crippen molar-refractivity contribution in [3.05, 3.63) is 75.6 Å². The first-order valence-electron chi connectivity index (χ1n) is 12.0. The van der Waals surface area contributed by atoms with Gasteiger partial charge in [-0.15, -0.1) is 5.10 Å². The summed E-state index contributed by atoms with van der Waals surface area (Å²) in [5.41, 5.74) is 4.92. The molecule has 2 heterocycles. The zero-order chi connectivity index (χ0) is 24.7. The number of fused-ring (bicyclic) bond motifs is 4. The molecule has 0 aliphatic heterocycles. The molecule has 8 heteroatoms. The Morgan fingerprint density at radius 2 is 1.89 bits per heavy atom. The number of anilines is 1. The molecule has 1 N–H and O–H groups in total. The first-order chi connectivity index (χ1) is 16.9. The highest BCUT2D eigenvalue weighted by molar-refractivity contribution is 7.99. The fraction of sp³-hybridized carbons (Fsp3) is 0.333. The highest BCUT2D eigenvalue weighted by Crippen LogP contribution is 2.42. The van der Waals surface area contributed by atoms with Gasteiger partial charge in [-0.2, -0.15) is 0 Å². The van der Waals surface area contributed by atoms with Crippen LogP contribution in [0.15, 0.2) is 58.5 Å². The van der Waals surface area contributed by atoms with E-state index in [1.54, 1.807) is 9.08 Å². The van der Waals surface area contributed by atoms with Gasteiger partial charge in [-0.1, -0.05) is 75.0 Å². The third kappa shape index (κ3) is 3.95. The minimum Gasteiger partial charge on any atom is -0.324 e. The standard InChI is InChI=1S/C27H29N5O2S/c1-5-27(4)15-18-12-8-9-13-19(18)23-22(27)24(34)32-25(29-23)31(30-26(32)35-6-2)16-21(33)28-20-14-10-7-11-17(20)3/h7-14H,5-6,15-16H2,1-4H3,(H,28,33)/t27-/m0/s1. The van der Waals surface area contributed by atoms with Crippen molar-refractivity contribution in [2.75, 3.05) is 11.1 Å². The average Bonchev–Trinajstić information content (AvgIpc) is 3.18. The van der Waals surface area contributed by atoms with Gasteiger partial charge < -0.3 is 5.32 Å². The number of benzene rings is 2. The van der Waals surface area contributed by atoms with Crippen LogP contribution in [-0.2, 0) is 23.2 Å². The number of hydrogen-bond acceptors (Lipinski definition) is 5. The monoisotopic (exact) mass is 487 g/mol. The van der Waals surface area contributed by atoms with Crippen molar-refractivity contribution in [2.45, 2.75) is 57.7 Å². The Hall–Kier alpha value is -3.39. The third-order valence-electron chi connectivity index (χ3n) is 6.92. The van der Waals surface area contributed by atoms with Crippen LogP contribution in [0.2, 0.25) is 0 Å². The van der Waals surface area contributed by atoms with Gasteiger partial charge in [-0.25, -0.2) is 14.1 Å². The Balaban J connectivity index is 1.68. The van der Waals surface area contributed by atoms with Gasteiger partial charge in [0.1, 0.15) is 6.54 Å². The van der Waals surface area contributed by atoms with Gasteiger partial charge in [0.15, 0.2) is 5.16 Å². The SMILES string of the molecule is CCSc1nn(CC(=O)Nc2ccccc2C)c2nc3c(c(=O)n12)[C@@](C)(CC)Cc1ccccc1-3. The summed E-state index contributed by atoms with van der Waals surface area (Å²) in [5.74, 6) is 0.918. The molecule has 0 fully saturated rings. The van der Waals surface area contributed by atoms with E-state index in [-0.39, 0.29) is 23.4 Å². The topological polar surface area (TPSA) is 81.3 Å². The normalized spacial score (nSPS) is 16.7. The lowest BCUT2D eigenvalue weighted by Crippen LogP contribution is -2.38. The van der Waals surface area contributed by atoms with Gasteiger partial charge in [0, 0.05) is 16.7 Å². The smallest absolute Gasteiger partial charge is 0.265 e. The molecule has 0 saturated heterocycles. The molecule has 0 bridgehead atoms. The summed E-state index contributed by atoms with van der Waals surface area (Å²) >= 11 is 1.48. The fourth-order valence-corrected chi connectivity index (χ4v) is 5.58. The molecule has 0 spiro atoms. The molecule has 180 valence electrons. The number of carbonyl (C=O) groups excluding carboxylic acids is 1. The van der Waals surface area contributed by atoms with Crippen LogP contribution in [0.25, 0.3) is 17.0 Å². The maximum absolute atomic E-state index is 14.0. The minimum absolute atomic E-state index is 0.0416. The van der Waals surface area contributed by atoms with Crippen molar-refractivity contribution in [3.8, 4) is 11.3 Å². The Kier molecular flexibility index (Phi) is 6.01. The molecule has 1 aliphatic carbocycles. The molecule has 35 heavy (non-hydrogen) atoms. The number of thioether (sulfide) groups is 1. The van der Waals surface area contributed by atoms with Crippen molar-refractivity contribution in [1.29, 1.82) is 0 Å². The number of carbonyl (C=O) groups is 1. The molecule has 4 aromatic rings. The Morgan fingerprint density at radius 1 is 1.14 bits per heavy atom. The molecule has 0 radical (unpaired) electrons. The Bertz CT molecular complexity index is 1510. The summed E-state index contributed by atoms with van der Waals surface area (Å²) in [5, 5.41) is 8.18. The summed E-state index contributed by atoms with van der Waals surface area (Å²) < 4.78 is 3.14. The molecule has 0 unspecified atom stereocenters. The largest absolute Gasteiger partial charge is 0.324 e. The van der Waals surface area contributed by atoms with E-state index in [0.717, 1.165) is 41.0 Å². The van der Waals surface area contributed by atoms with E-state index in [1.807, 2.05) is 56.3 Å². The molecule has 7 nitrogen and oxygen atoms in total. The minimum atomic E-state index is -0.326. The average molecular weight is 488 g/mol. The molecule has 2 aromatic carbocycles. The number of amides is 1. The fourth-order valence-electron chi connectivity index (χ4n) is 4.87. The van der Waals surface area contributed by atoms with Gasteiger partial charge in [0.25, 0.3) is 5.56 Å². The van der Waals surface area contributed by atoms with Crippen molar-refractivity contribution >= 4 is 29.1 Å². The summed E-state index contributed by atoms with van der Waals surface area (Å²) in [4.78, 5) is 32.0. The van der Waals surface area contributed by atoms with Crippen molar-refractivity contribution in [1.82, 2.24) is 19.2 Å². The van der Waals surface area contributed by atoms with Gasteiger partial charge in [-0.3, -0.25) is 9.59 Å². The maximum atomic E-state index is 14.0. The highest BCUT2D eigenvalue weighted by Gasteiger charge is 2.38. The van der Waals surface area contributed by atoms with Crippen LogP contribution in [0.5, 0.6) is 0 Å². The molecule has 5 rings (SSSR count). The van der Waals surface area contributed by atoms with E-state index in [4.69, 9.17) is 4.98 Å². The van der Waals surface area contributed by atoms with Gasteiger partial charge in [0.2, 0.25) is 11.7 Å². The highest BCUT2D eigenvalue weighted by atomic mass is 32.2. The van der Waals surface area contributed by atoms with Crippen LogP contribution in [0.1, 0.15) is 43.9 Å². The predicted octanol–water partition coefficient (Wildman–Crippen LogP) is 4.84. The Morgan fingerprint density at radius 3 is 2.63 bits per heavy atom. The van der Waals surface area contributed by atoms with Crippen LogP contribution in [-0.4, -0.2) is 30.8 Å². The summed E-state index contributed by atoms with van der Waals surface area (Å²) in [6.07, 6.45) is 1.61. The lowest BCUT2D eigenvalue weighted by Gasteiger charge is -2.35. The van der Waals surface area contributed by atoms with E-state index in [0.29, 0.717) is 16.6 Å². The number of para-hydroxylation sites is 1. The zero-order valence-corrected chi connectivity index (χ0v) is 21.3. The van der Waals surface area contributed by atoms with Crippen LogP contribution in [0, 0.1) is 6.92 Å². The van der Waals surface area contributed by atoms with Crippen LogP contribution in [0.4, 0.5) is 5.69 Å². The van der Waals surface area contributed by atoms with Crippen molar-refractivity contribution in [3.63, 3.8) is 0 Å². The quantitative estimate of drug-likeness (QED) is 0.394. The van der Waals surface area contributed by atoms with E-state index in [9.17, 15) is 9.59 Å². The molecular formula is C27H29N5O2S. The molecule has 1 atom stereocenters. The molecule has 0 saturated carbocycles. The third-order valence-corrected chi connectivity index (χ3v) is 7.73. The van der Waals surface area contributed by atoms with E-state index in [1.165, 1.54) is 17.3 Å². The predicted molar refractivity (Wildman–Crippen MR) is 140 cm³/mol.